The fraction of sp³-hybridized carbons (Fsp3) is 0.636. The summed E-state index contributed by atoms with van der Waals surface area (Å²) in [5.41, 5.74) is 1.23. The average molecular weight is 193 g/mol. The molecule has 3 nitrogen and oxygen atoms in total. The smallest absolute Gasteiger partial charge is 0.149 e. The minimum Gasteiger partial charge on any atom is -0.364 e. The molecule has 0 aliphatic carbocycles. The van der Waals surface area contributed by atoms with Crippen molar-refractivity contribution in [3.05, 3.63) is 17.8 Å². The van der Waals surface area contributed by atoms with Gasteiger partial charge in [0.15, 0.2) is 0 Å². The van der Waals surface area contributed by atoms with Crippen LogP contribution in [0.1, 0.15) is 39.2 Å². The van der Waals surface area contributed by atoms with Gasteiger partial charge in [0.05, 0.1) is 6.20 Å². The first-order valence-corrected chi connectivity index (χ1v) is 5.11. The van der Waals surface area contributed by atoms with E-state index in [1.54, 1.807) is 6.20 Å². The van der Waals surface area contributed by atoms with Crippen molar-refractivity contribution in [1.29, 1.82) is 0 Å². The van der Waals surface area contributed by atoms with Crippen molar-refractivity contribution < 1.29 is 0 Å². The highest BCUT2D eigenvalue weighted by molar-refractivity contribution is 5.37. The van der Waals surface area contributed by atoms with Crippen LogP contribution in [0.15, 0.2) is 12.3 Å². The van der Waals surface area contributed by atoms with Gasteiger partial charge in [-0.3, -0.25) is 0 Å². The van der Waals surface area contributed by atoms with E-state index in [4.69, 9.17) is 0 Å². The fourth-order valence-corrected chi connectivity index (χ4v) is 1.56. The maximum absolute atomic E-state index is 4.05. The number of nitrogens with zero attached hydrogens (tertiary/aromatic N) is 2. The molecular weight excluding hydrogens is 174 g/mol. The molecule has 0 aromatic carbocycles. The molecule has 0 saturated carbocycles. The molecule has 0 bridgehead atoms. The lowest BCUT2D eigenvalue weighted by Gasteiger charge is -2.26. The topological polar surface area (TPSA) is 37.8 Å². The van der Waals surface area contributed by atoms with Crippen LogP contribution in [-0.2, 0) is 0 Å². The normalized spacial score (nSPS) is 11.4. The minimum absolute atomic E-state index is 0.0945. The SMILES string of the molecule is CCCC(C)(C)Nc1cc(C)cnn1. The molecule has 0 spiro atoms. The first-order valence-electron chi connectivity index (χ1n) is 5.11. The molecule has 1 aromatic heterocycles. The van der Waals surface area contributed by atoms with E-state index in [1.165, 1.54) is 6.42 Å². The molecule has 3 heteroatoms. The second-order valence-corrected chi connectivity index (χ2v) is 4.38. The standard InChI is InChI=1S/C11H19N3/c1-5-6-11(3,4)13-10-7-9(2)8-12-14-10/h7-8H,5-6H2,1-4H3,(H,13,14). The molecule has 0 amide bonds. The highest BCUT2D eigenvalue weighted by Gasteiger charge is 2.16. The van der Waals surface area contributed by atoms with Crippen LogP contribution in [0.5, 0.6) is 0 Å². The van der Waals surface area contributed by atoms with Gasteiger partial charge in [-0.05, 0) is 38.8 Å². The summed E-state index contributed by atoms with van der Waals surface area (Å²) in [5.74, 6) is 0.864. The molecule has 1 heterocycles. The van der Waals surface area contributed by atoms with Crippen molar-refractivity contribution in [2.24, 2.45) is 0 Å². The maximum Gasteiger partial charge on any atom is 0.149 e. The second-order valence-electron chi connectivity index (χ2n) is 4.38. The predicted octanol–water partition coefficient (Wildman–Crippen LogP) is 2.78. The van der Waals surface area contributed by atoms with Crippen LogP contribution in [0.4, 0.5) is 5.82 Å². The molecule has 1 aromatic rings. The number of aromatic nitrogens is 2. The molecule has 0 unspecified atom stereocenters. The lowest BCUT2D eigenvalue weighted by atomic mass is 9.99. The second kappa shape index (κ2) is 4.40. The Bertz CT molecular complexity index is 294. The van der Waals surface area contributed by atoms with Crippen LogP contribution >= 0.6 is 0 Å². The molecule has 78 valence electrons. The van der Waals surface area contributed by atoms with Gasteiger partial charge in [-0.1, -0.05) is 13.3 Å². The Morgan fingerprint density at radius 3 is 2.71 bits per heavy atom. The zero-order chi connectivity index (χ0) is 10.6. The van der Waals surface area contributed by atoms with E-state index in [2.05, 4.69) is 36.3 Å². The van der Waals surface area contributed by atoms with E-state index in [0.717, 1.165) is 17.8 Å². The van der Waals surface area contributed by atoms with Gasteiger partial charge < -0.3 is 5.32 Å². The maximum atomic E-state index is 4.05. The summed E-state index contributed by atoms with van der Waals surface area (Å²) in [7, 11) is 0. The van der Waals surface area contributed by atoms with E-state index in [0.29, 0.717) is 0 Å². The lowest BCUT2D eigenvalue weighted by Crippen LogP contribution is -2.31. The lowest BCUT2D eigenvalue weighted by molar-refractivity contribution is 0.508. The molecule has 0 aliphatic heterocycles. The van der Waals surface area contributed by atoms with Gasteiger partial charge in [-0.25, -0.2) is 0 Å². The van der Waals surface area contributed by atoms with Crippen molar-refractivity contribution in [1.82, 2.24) is 10.2 Å². The highest BCUT2D eigenvalue weighted by atomic mass is 15.2. The van der Waals surface area contributed by atoms with Gasteiger partial charge >= 0.3 is 0 Å². The monoisotopic (exact) mass is 193 g/mol. The highest BCUT2D eigenvalue weighted by Crippen LogP contribution is 2.17. The Balaban J connectivity index is 2.68. The van der Waals surface area contributed by atoms with Crippen molar-refractivity contribution >= 4 is 5.82 Å². The third kappa shape index (κ3) is 3.32. The Morgan fingerprint density at radius 1 is 1.43 bits per heavy atom. The Morgan fingerprint density at radius 2 is 2.14 bits per heavy atom. The fourth-order valence-electron chi connectivity index (χ4n) is 1.56. The van der Waals surface area contributed by atoms with Crippen molar-refractivity contribution in [2.45, 2.75) is 46.1 Å². The molecule has 1 N–H and O–H groups in total. The summed E-state index contributed by atoms with van der Waals surface area (Å²) < 4.78 is 0. The molecule has 0 aliphatic rings. The Hall–Kier alpha value is -1.12. The number of hydrogen-bond donors (Lipinski definition) is 1. The molecule has 0 radical (unpaired) electrons. The molecule has 14 heavy (non-hydrogen) atoms. The number of nitrogens with one attached hydrogen (secondary N) is 1. The van der Waals surface area contributed by atoms with E-state index in [-0.39, 0.29) is 5.54 Å². The summed E-state index contributed by atoms with van der Waals surface area (Å²) in [4.78, 5) is 0. The van der Waals surface area contributed by atoms with Crippen LogP contribution < -0.4 is 5.32 Å². The van der Waals surface area contributed by atoms with Crippen molar-refractivity contribution in [2.75, 3.05) is 5.32 Å². The Kier molecular flexibility index (Phi) is 3.44. The first kappa shape index (κ1) is 11.0. The van der Waals surface area contributed by atoms with Crippen LogP contribution in [0.3, 0.4) is 0 Å². The average Bonchev–Trinajstić information content (AvgIpc) is 2.02. The quantitative estimate of drug-likeness (QED) is 0.799. The van der Waals surface area contributed by atoms with Gasteiger partial charge in [0, 0.05) is 5.54 Å². The summed E-state index contributed by atoms with van der Waals surface area (Å²) in [5, 5.41) is 11.3. The summed E-state index contributed by atoms with van der Waals surface area (Å²) in [6.45, 7) is 8.57. The van der Waals surface area contributed by atoms with Crippen molar-refractivity contribution in [3.8, 4) is 0 Å². The van der Waals surface area contributed by atoms with Crippen LogP contribution in [0.2, 0.25) is 0 Å². The van der Waals surface area contributed by atoms with Gasteiger partial charge in [0.25, 0.3) is 0 Å². The molecule has 0 saturated heterocycles. The van der Waals surface area contributed by atoms with Gasteiger partial charge in [0.1, 0.15) is 5.82 Å². The number of aryl methyl sites for hydroxylation is 1. The molecule has 1 rings (SSSR count). The van der Waals surface area contributed by atoms with Crippen molar-refractivity contribution in [3.63, 3.8) is 0 Å². The van der Waals surface area contributed by atoms with Gasteiger partial charge in [0.2, 0.25) is 0 Å². The van der Waals surface area contributed by atoms with Crippen LogP contribution in [0.25, 0.3) is 0 Å². The van der Waals surface area contributed by atoms with E-state index < -0.39 is 0 Å². The first-order chi connectivity index (χ1) is 6.53. The third-order valence-corrected chi connectivity index (χ3v) is 2.13. The summed E-state index contributed by atoms with van der Waals surface area (Å²) >= 11 is 0. The largest absolute Gasteiger partial charge is 0.364 e. The number of hydrogen-bond acceptors (Lipinski definition) is 3. The van der Waals surface area contributed by atoms with E-state index in [9.17, 15) is 0 Å². The minimum atomic E-state index is 0.0945. The zero-order valence-corrected chi connectivity index (χ0v) is 9.46. The summed E-state index contributed by atoms with van der Waals surface area (Å²) in [6.07, 6.45) is 4.06. The van der Waals surface area contributed by atoms with E-state index in [1.807, 2.05) is 13.0 Å². The molecule has 0 atom stereocenters. The number of anilines is 1. The molecular formula is C11H19N3. The van der Waals surface area contributed by atoms with Gasteiger partial charge in [-0.15, -0.1) is 5.10 Å². The Labute approximate surface area is 85.9 Å². The van der Waals surface area contributed by atoms with Gasteiger partial charge in [-0.2, -0.15) is 5.10 Å². The molecule has 0 fully saturated rings. The van der Waals surface area contributed by atoms with Crippen LogP contribution in [-0.4, -0.2) is 15.7 Å². The van der Waals surface area contributed by atoms with E-state index >= 15 is 0 Å². The predicted molar refractivity (Wildman–Crippen MR) is 59.4 cm³/mol. The number of rotatable bonds is 4. The third-order valence-electron chi connectivity index (χ3n) is 2.13. The summed E-state index contributed by atoms with van der Waals surface area (Å²) in [6, 6.07) is 2.02. The van der Waals surface area contributed by atoms with Crippen LogP contribution in [0, 0.1) is 6.92 Å². The zero-order valence-electron chi connectivity index (χ0n) is 9.46.